The smallest absolute Gasteiger partial charge is 0.243 e. The van der Waals surface area contributed by atoms with Gasteiger partial charge in [0.2, 0.25) is 35.4 Å². The van der Waals surface area contributed by atoms with Crippen molar-refractivity contribution in [1.82, 2.24) is 26.6 Å². The molecule has 0 unspecified atom stereocenters. The van der Waals surface area contributed by atoms with Crippen molar-refractivity contribution in [2.45, 2.75) is 12.5 Å². The lowest BCUT2D eigenvalue weighted by molar-refractivity contribution is -0.132. The first-order chi connectivity index (χ1) is 13.2. The third-order valence-electron chi connectivity index (χ3n) is 2.94. The second-order valence-electron chi connectivity index (χ2n) is 5.24. The van der Waals surface area contributed by atoms with Crippen LogP contribution in [0.2, 0.25) is 0 Å². The van der Waals surface area contributed by atoms with Gasteiger partial charge in [0.15, 0.2) is 0 Å². The summed E-state index contributed by atoms with van der Waals surface area (Å²) in [6.07, 6.45) is -0.0913. The van der Waals surface area contributed by atoms with E-state index in [1.165, 1.54) is 0 Å². The van der Waals surface area contributed by atoms with Crippen molar-refractivity contribution >= 4 is 41.7 Å². The van der Waals surface area contributed by atoms with Gasteiger partial charge in [-0.1, -0.05) is 0 Å². The number of amides is 6. The maximum absolute atomic E-state index is 11.8. The van der Waals surface area contributed by atoms with E-state index in [1.54, 1.807) is 0 Å². The molecule has 0 aliphatic carbocycles. The van der Waals surface area contributed by atoms with E-state index in [2.05, 4.69) is 26.6 Å². The largest absolute Gasteiger partial charge is 0.370 e. The molecule has 9 N–H and O–H groups in total. The van der Waals surface area contributed by atoms with E-state index in [9.17, 15) is 33.6 Å². The van der Waals surface area contributed by atoms with Crippen LogP contribution in [0.15, 0.2) is 0 Å². The molecule has 14 nitrogen and oxygen atoms in total. The third kappa shape index (κ3) is 11.9. The molecule has 0 bridgehead atoms. The molecular weight excluding hydrogens is 378 g/mol. The molecule has 0 radical (unpaired) electrons. The summed E-state index contributed by atoms with van der Waals surface area (Å²) >= 11 is 0. The van der Waals surface area contributed by atoms with Crippen LogP contribution in [0.1, 0.15) is 6.42 Å². The number of nitrogens with two attached hydrogens (primary N) is 2. The van der Waals surface area contributed by atoms with Crippen molar-refractivity contribution in [3.05, 3.63) is 0 Å². The van der Waals surface area contributed by atoms with Crippen molar-refractivity contribution in [3.8, 4) is 0 Å². The number of primary amides is 1. The van der Waals surface area contributed by atoms with Gasteiger partial charge in [-0.15, -0.1) is 0 Å². The minimum absolute atomic E-state index is 0.285. The average molecular weight is 401 g/mol. The Morgan fingerprint density at radius 3 is 1.75 bits per heavy atom. The number of rotatable bonds is 13. The fourth-order valence-corrected chi connectivity index (χ4v) is 1.66. The zero-order valence-corrected chi connectivity index (χ0v) is 14.9. The van der Waals surface area contributed by atoms with Crippen LogP contribution in [0.3, 0.4) is 0 Å². The average Bonchev–Trinajstić information content (AvgIpc) is 2.65. The van der Waals surface area contributed by atoms with Crippen molar-refractivity contribution in [2.24, 2.45) is 11.5 Å². The summed E-state index contributed by atoms with van der Waals surface area (Å²) in [6.45, 7) is -1.97. The third-order valence-corrected chi connectivity index (χ3v) is 2.94. The minimum Gasteiger partial charge on any atom is -0.370 e. The Morgan fingerprint density at radius 2 is 1.29 bits per heavy atom. The van der Waals surface area contributed by atoms with E-state index in [4.69, 9.17) is 11.5 Å². The van der Waals surface area contributed by atoms with Gasteiger partial charge in [-0.2, -0.15) is 0 Å². The summed E-state index contributed by atoms with van der Waals surface area (Å²) in [5.41, 5.74) is 10.0. The number of nitrogens with one attached hydrogen (secondary N) is 5. The first kappa shape index (κ1) is 24.5. The minimum atomic E-state index is -1.31. The lowest BCUT2D eigenvalue weighted by Gasteiger charge is -2.16. The molecular formula is C14H23N7O7. The quantitative estimate of drug-likeness (QED) is 0.146. The van der Waals surface area contributed by atoms with Gasteiger partial charge >= 0.3 is 0 Å². The Kier molecular flexibility index (Phi) is 11.9. The predicted octanol–water partition coefficient (Wildman–Crippen LogP) is -6.03. The van der Waals surface area contributed by atoms with Crippen LogP contribution >= 0.6 is 0 Å². The Balaban J connectivity index is 4.30. The molecule has 0 spiro atoms. The number of hydrogen-bond donors (Lipinski definition) is 7. The van der Waals surface area contributed by atoms with E-state index in [0.29, 0.717) is 6.29 Å². The van der Waals surface area contributed by atoms with E-state index < -0.39 is 61.0 Å². The van der Waals surface area contributed by atoms with Crippen LogP contribution in [-0.4, -0.2) is 80.5 Å². The lowest BCUT2D eigenvalue weighted by atomic mass is 10.2. The maximum atomic E-state index is 11.8. The molecule has 0 aromatic heterocycles. The number of aldehydes is 1. The van der Waals surface area contributed by atoms with Gasteiger partial charge in [0.1, 0.15) is 12.3 Å². The topological polar surface area (TPSA) is 232 Å². The van der Waals surface area contributed by atoms with Crippen LogP contribution in [-0.2, 0) is 33.6 Å². The maximum Gasteiger partial charge on any atom is 0.243 e. The highest BCUT2D eigenvalue weighted by Gasteiger charge is 2.22. The molecule has 14 heteroatoms. The highest BCUT2D eigenvalue weighted by molar-refractivity contribution is 5.94. The van der Waals surface area contributed by atoms with E-state index >= 15 is 0 Å². The summed E-state index contributed by atoms with van der Waals surface area (Å²) in [5.74, 6) is -4.36. The standard InChI is InChI=1S/C14H23N7O7/c15-4-10(24)18-5-11(25)19-6-12(26)20-7-13(27)21-8(3-9(16)23)14(28)17-1-2-22/h2,8H,1,3-7,15H2,(H2,16,23)(H,17,28)(H,18,24)(H,19,25)(H,20,26)(H,21,27)/t8-/m0/s1. The number of carbonyl (C=O) groups excluding carboxylic acids is 7. The molecule has 1 atom stereocenters. The SMILES string of the molecule is NCC(=O)NCC(=O)NCC(=O)NCC(=O)N[C@@H](CC(N)=O)C(=O)NCC=O. The molecule has 0 aromatic carbocycles. The van der Waals surface area contributed by atoms with Crippen molar-refractivity contribution in [1.29, 1.82) is 0 Å². The second-order valence-corrected chi connectivity index (χ2v) is 5.24. The Hall–Kier alpha value is -3.55. The summed E-state index contributed by atoms with van der Waals surface area (Å²) in [5, 5.41) is 10.9. The van der Waals surface area contributed by atoms with Crippen molar-refractivity contribution in [3.63, 3.8) is 0 Å². The first-order valence-electron chi connectivity index (χ1n) is 7.98. The molecule has 0 fully saturated rings. The molecule has 0 aromatic rings. The predicted molar refractivity (Wildman–Crippen MR) is 92.9 cm³/mol. The van der Waals surface area contributed by atoms with Gasteiger partial charge in [-0.05, 0) is 0 Å². The molecule has 0 saturated carbocycles. The van der Waals surface area contributed by atoms with Gasteiger partial charge in [0, 0.05) is 0 Å². The number of carbonyl (C=O) groups is 7. The fraction of sp³-hybridized carbons (Fsp3) is 0.500. The molecule has 28 heavy (non-hydrogen) atoms. The van der Waals surface area contributed by atoms with Gasteiger partial charge in [-0.3, -0.25) is 28.8 Å². The molecule has 0 saturated heterocycles. The van der Waals surface area contributed by atoms with Gasteiger partial charge < -0.3 is 42.8 Å². The summed E-state index contributed by atoms with van der Waals surface area (Å²) < 4.78 is 0. The molecule has 0 aliphatic rings. The normalized spacial score (nSPS) is 10.8. The molecule has 0 aliphatic heterocycles. The molecule has 6 amide bonds. The van der Waals surface area contributed by atoms with E-state index in [1.807, 2.05) is 0 Å². The fourth-order valence-electron chi connectivity index (χ4n) is 1.66. The summed E-state index contributed by atoms with van der Waals surface area (Å²) in [6, 6.07) is -1.31. The molecule has 0 rings (SSSR count). The second kappa shape index (κ2) is 13.6. The monoisotopic (exact) mass is 401 g/mol. The van der Waals surface area contributed by atoms with Gasteiger partial charge in [-0.25, -0.2) is 0 Å². The van der Waals surface area contributed by atoms with E-state index in [0.717, 1.165) is 0 Å². The highest BCUT2D eigenvalue weighted by atomic mass is 16.2. The van der Waals surface area contributed by atoms with E-state index in [-0.39, 0.29) is 19.6 Å². The van der Waals surface area contributed by atoms with Gasteiger partial charge in [0.05, 0.1) is 39.1 Å². The van der Waals surface area contributed by atoms with Crippen LogP contribution in [0.25, 0.3) is 0 Å². The molecule has 156 valence electrons. The van der Waals surface area contributed by atoms with Crippen LogP contribution in [0.4, 0.5) is 0 Å². The Bertz CT molecular complexity index is 623. The Morgan fingerprint density at radius 1 is 0.786 bits per heavy atom. The van der Waals surface area contributed by atoms with Crippen molar-refractivity contribution < 1.29 is 33.6 Å². The Labute approximate surface area is 159 Å². The number of hydrogen-bond acceptors (Lipinski definition) is 8. The van der Waals surface area contributed by atoms with Crippen LogP contribution in [0.5, 0.6) is 0 Å². The highest BCUT2D eigenvalue weighted by Crippen LogP contribution is 1.92. The summed E-state index contributed by atoms with van der Waals surface area (Å²) in [4.78, 5) is 78.6. The molecule has 0 heterocycles. The van der Waals surface area contributed by atoms with Crippen LogP contribution in [0, 0.1) is 0 Å². The first-order valence-corrected chi connectivity index (χ1v) is 7.98. The van der Waals surface area contributed by atoms with Gasteiger partial charge in [0.25, 0.3) is 0 Å². The van der Waals surface area contributed by atoms with Crippen LogP contribution < -0.4 is 38.1 Å². The zero-order valence-electron chi connectivity index (χ0n) is 14.9. The summed E-state index contributed by atoms with van der Waals surface area (Å²) in [7, 11) is 0. The zero-order chi connectivity index (χ0) is 21.5. The van der Waals surface area contributed by atoms with Crippen molar-refractivity contribution in [2.75, 3.05) is 32.7 Å². The lowest BCUT2D eigenvalue weighted by Crippen LogP contribution is -2.51.